The summed E-state index contributed by atoms with van der Waals surface area (Å²) in [7, 11) is 0. The molecule has 1 saturated heterocycles. The van der Waals surface area contributed by atoms with E-state index in [1.165, 1.54) is 11.3 Å². The molecule has 0 unspecified atom stereocenters. The summed E-state index contributed by atoms with van der Waals surface area (Å²) in [5.74, 6) is 1.68. The summed E-state index contributed by atoms with van der Waals surface area (Å²) in [4.78, 5) is 2.38. The standard InChI is InChI=1S/C25H25NO2/c1-3-20-6-4-5-7-24(20)26-16-17-27-25(18-26)21-10-14-23(15-11-21)28-22-12-8-19(2)9-13-22/h3-15,25H,1,16-18H2,2H3/t25-/m0/s1. The third kappa shape index (κ3) is 4.10. The van der Waals surface area contributed by atoms with Crippen LogP contribution in [0.2, 0.25) is 0 Å². The molecule has 1 fully saturated rings. The maximum Gasteiger partial charge on any atom is 0.127 e. The fourth-order valence-corrected chi connectivity index (χ4v) is 3.51. The van der Waals surface area contributed by atoms with E-state index in [9.17, 15) is 0 Å². The largest absolute Gasteiger partial charge is 0.457 e. The molecule has 3 aromatic carbocycles. The molecule has 0 N–H and O–H groups in total. The summed E-state index contributed by atoms with van der Waals surface area (Å²) in [6, 6.07) is 24.7. The van der Waals surface area contributed by atoms with E-state index < -0.39 is 0 Å². The van der Waals surface area contributed by atoms with E-state index in [2.05, 4.69) is 60.9 Å². The second kappa shape index (κ2) is 8.32. The number of benzene rings is 3. The summed E-state index contributed by atoms with van der Waals surface area (Å²) in [5, 5.41) is 0. The molecular formula is C25H25NO2. The Morgan fingerprint density at radius 1 is 0.964 bits per heavy atom. The molecule has 4 rings (SSSR count). The Kier molecular flexibility index (Phi) is 5.45. The molecule has 3 heteroatoms. The number of hydrogen-bond acceptors (Lipinski definition) is 3. The van der Waals surface area contributed by atoms with Gasteiger partial charge in [0.1, 0.15) is 17.6 Å². The van der Waals surface area contributed by atoms with Gasteiger partial charge < -0.3 is 14.4 Å². The first-order valence-corrected chi connectivity index (χ1v) is 9.65. The molecule has 3 nitrogen and oxygen atoms in total. The third-order valence-corrected chi connectivity index (χ3v) is 5.07. The van der Waals surface area contributed by atoms with Crippen molar-refractivity contribution >= 4 is 11.8 Å². The molecule has 0 amide bonds. The number of ether oxygens (including phenoxy) is 2. The van der Waals surface area contributed by atoms with Crippen LogP contribution in [0.25, 0.3) is 6.08 Å². The van der Waals surface area contributed by atoms with E-state index in [0.717, 1.165) is 35.7 Å². The van der Waals surface area contributed by atoms with Gasteiger partial charge in [-0.3, -0.25) is 0 Å². The second-order valence-electron chi connectivity index (χ2n) is 7.05. The number of nitrogens with zero attached hydrogens (tertiary/aromatic N) is 1. The van der Waals surface area contributed by atoms with Crippen LogP contribution in [0, 0.1) is 6.92 Å². The number of hydrogen-bond donors (Lipinski definition) is 0. The van der Waals surface area contributed by atoms with Gasteiger partial charge >= 0.3 is 0 Å². The lowest BCUT2D eigenvalue weighted by Gasteiger charge is -2.35. The van der Waals surface area contributed by atoms with Crippen molar-refractivity contribution in [1.29, 1.82) is 0 Å². The van der Waals surface area contributed by atoms with Gasteiger partial charge in [-0.15, -0.1) is 0 Å². The first-order valence-electron chi connectivity index (χ1n) is 9.65. The van der Waals surface area contributed by atoms with E-state index in [1.54, 1.807) is 0 Å². The summed E-state index contributed by atoms with van der Waals surface area (Å²) in [5.41, 5.74) is 4.76. The lowest BCUT2D eigenvalue weighted by molar-refractivity contribution is 0.0398. The van der Waals surface area contributed by atoms with Crippen molar-refractivity contribution in [2.24, 2.45) is 0 Å². The molecule has 0 radical (unpaired) electrons. The first kappa shape index (κ1) is 18.3. The highest BCUT2D eigenvalue weighted by molar-refractivity contribution is 5.67. The fourth-order valence-electron chi connectivity index (χ4n) is 3.51. The van der Waals surface area contributed by atoms with Crippen LogP contribution in [-0.4, -0.2) is 19.7 Å². The number of anilines is 1. The molecule has 1 heterocycles. The Balaban J connectivity index is 1.46. The topological polar surface area (TPSA) is 21.7 Å². The van der Waals surface area contributed by atoms with Crippen LogP contribution < -0.4 is 9.64 Å². The Morgan fingerprint density at radius 3 is 2.36 bits per heavy atom. The highest BCUT2D eigenvalue weighted by Gasteiger charge is 2.23. The van der Waals surface area contributed by atoms with Crippen molar-refractivity contribution in [2.45, 2.75) is 13.0 Å². The normalized spacial score (nSPS) is 16.6. The quantitative estimate of drug-likeness (QED) is 0.548. The van der Waals surface area contributed by atoms with Gasteiger partial charge in [0, 0.05) is 18.8 Å². The van der Waals surface area contributed by atoms with E-state index >= 15 is 0 Å². The van der Waals surface area contributed by atoms with Gasteiger partial charge in [0.15, 0.2) is 0 Å². The van der Waals surface area contributed by atoms with E-state index in [-0.39, 0.29) is 6.10 Å². The lowest BCUT2D eigenvalue weighted by atomic mass is 10.1. The van der Waals surface area contributed by atoms with Gasteiger partial charge in [-0.25, -0.2) is 0 Å². The molecule has 3 aromatic rings. The zero-order chi connectivity index (χ0) is 19.3. The maximum atomic E-state index is 6.05. The van der Waals surface area contributed by atoms with Gasteiger partial charge in [-0.2, -0.15) is 0 Å². The molecule has 0 bridgehead atoms. The highest BCUT2D eigenvalue weighted by atomic mass is 16.5. The van der Waals surface area contributed by atoms with Gasteiger partial charge in [0.25, 0.3) is 0 Å². The number of para-hydroxylation sites is 1. The Morgan fingerprint density at radius 2 is 1.64 bits per heavy atom. The molecule has 1 aliphatic heterocycles. The van der Waals surface area contributed by atoms with Crippen molar-refractivity contribution in [3.05, 3.63) is 96.1 Å². The Labute approximate surface area is 166 Å². The third-order valence-electron chi connectivity index (χ3n) is 5.07. The minimum atomic E-state index is 0.0417. The Bertz CT molecular complexity index is 932. The summed E-state index contributed by atoms with van der Waals surface area (Å²) >= 11 is 0. The average Bonchev–Trinajstić information content (AvgIpc) is 2.76. The summed E-state index contributed by atoms with van der Waals surface area (Å²) in [6.45, 7) is 8.42. The number of morpholine rings is 1. The maximum absolute atomic E-state index is 6.05. The second-order valence-corrected chi connectivity index (χ2v) is 7.05. The highest BCUT2D eigenvalue weighted by Crippen LogP contribution is 2.30. The summed E-state index contributed by atoms with van der Waals surface area (Å²) < 4.78 is 12.0. The Hall–Kier alpha value is -3.04. The van der Waals surface area contributed by atoms with Crippen molar-refractivity contribution in [1.82, 2.24) is 0 Å². The van der Waals surface area contributed by atoms with Crippen molar-refractivity contribution in [3.8, 4) is 11.5 Å². The van der Waals surface area contributed by atoms with E-state index in [0.29, 0.717) is 6.61 Å². The SMILES string of the molecule is C=Cc1ccccc1N1CCO[C@H](c2ccc(Oc3ccc(C)cc3)cc2)C1. The monoisotopic (exact) mass is 371 g/mol. The predicted molar refractivity (Wildman–Crippen MR) is 115 cm³/mol. The molecule has 28 heavy (non-hydrogen) atoms. The molecule has 1 atom stereocenters. The summed E-state index contributed by atoms with van der Waals surface area (Å²) in [6.07, 6.45) is 1.96. The molecule has 0 saturated carbocycles. The zero-order valence-corrected chi connectivity index (χ0v) is 16.2. The van der Waals surface area contributed by atoms with Gasteiger partial charge in [-0.05, 0) is 48.4 Å². The van der Waals surface area contributed by atoms with Crippen LogP contribution in [0.5, 0.6) is 11.5 Å². The van der Waals surface area contributed by atoms with E-state index in [1.807, 2.05) is 36.4 Å². The van der Waals surface area contributed by atoms with Gasteiger partial charge in [0.05, 0.1) is 6.61 Å². The van der Waals surface area contributed by atoms with Crippen LogP contribution in [-0.2, 0) is 4.74 Å². The first-order chi connectivity index (χ1) is 13.7. The molecule has 0 aliphatic carbocycles. The molecule has 0 spiro atoms. The van der Waals surface area contributed by atoms with Gasteiger partial charge in [-0.1, -0.05) is 60.7 Å². The van der Waals surface area contributed by atoms with Crippen LogP contribution in [0.15, 0.2) is 79.4 Å². The van der Waals surface area contributed by atoms with Crippen LogP contribution in [0.3, 0.4) is 0 Å². The van der Waals surface area contributed by atoms with E-state index in [4.69, 9.17) is 9.47 Å². The molecular weight excluding hydrogens is 346 g/mol. The zero-order valence-electron chi connectivity index (χ0n) is 16.2. The lowest BCUT2D eigenvalue weighted by Crippen LogP contribution is -2.38. The minimum Gasteiger partial charge on any atom is -0.457 e. The molecule has 142 valence electrons. The van der Waals surface area contributed by atoms with Gasteiger partial charge in [0.2, 0.25) is 0 Å². The fraction of sp³-hybridized carbons (Fsp3) is 0.200. The number of aryl methyl sites for hydroxylation is 1. The van der Waals surface area contributed by atoms with Crippen LogP contribution >= 0.6 is 0 Å². The van der Waals surface area contributed by atoms with Crippen LogP contribution in [0.1, 0.15) is 22.8 Å². The minimum absolute atomic E-state index is 0.0417. The molecule has 0 aromatic heterocycles. The average molecular weight is 371 g/mol. The van der Waals surface area contributed by atoms with Crippen LogP contribution in [0.4, 0.5) is 5.69 Å². The van der Waals surface area contributed by atoms with Crippen molar-refractivity contribution in [2.75, 3.05) is 24.6 Å². The number of rotatable bonds is 5. The molecule has 1 aliphatic rings. The van der Waals surface area contributed by atoms with Crippen molar-refractivity contribution < 1.29 is 9.47 Å². The predicted octanol–water partition coefficient (Wildman–Crippen LogP) is 6.01. The van der Waals surface area contributed by atoms with Crippen molar-refractivity contribution in [3.63, 3.8) is 0 Å². The smallest absolute Gasteiger partial charge is 0.127 e.